The fourth-order valence-electron chi connectivity index (χ4n) is 3.47. The highest BCUT2D eigenvalue weighted by atomic mass is 32.2. The maximum Gasteiger partial charge on any atom is 0.254 e. The summed E-state index contributed by atoms with van der Waals surface area (Å²) in [7, 11) is -3.54. The van der Waals surface area contributed by atoms with Crippen molar-refractivity contribution in [3.63, 3.8) is 0 Å². The normalized spacial score (nSPS) is 16.8. The van der Waals surface area contributed by atoms with Crippen molar-refractivity contribution in [3.05, 3.63) is 65.2 Å². The van der Waals surface area contributed by atoms with Crippen molar-refractivity contribution in [2.24, 2.45) is 0 Å². The minimum Gasteiger partial charge on any atom is -0.336 e. The van der Waals surface area contributed by atoms with E-state index in [1.165, 1.54) is 4.31 Å². The first-order valence-corrected chi connectivity index (χ1v) is 11.2. The average molecular weight is 401 g/mol. The molecule has 0 aromatic heterocycles. The van der Waals surface area contributed by atoms with Crippen LogP contribution in [0.2, 0.25) is 0 Å². The molecule has 0 N–H and O–H groups in total. The van der Waals surface area contributed by atoms with E-state index in [2.05, 4.69) is 13.8 Å². The zero-order valence-corrected chi connectivity index (χ0v) is 17.6. The van der Waals surface area contributed by atoms with Crippen LogP contribution in [0, 0.1) is 6.92 Å². The summed E-state index contributed by atoms with van der Waals surface area (Å²) >= 11 is 0. The van der Waals surface area contributed by atoms with Gasteiger partial charge in [0.1, 0.15) is 0 Å². The molecule has 6 heteroatoms. The van der Waals surface area contributed by atoms with E-state index in [-0.39, 0.29) is 5.91 Å². The van der Waals surface area contributed by atoms with Gasteiger partial charge in [0.05, 0.1) is 4.90 Å². The third kappa shape index (κ3) is 4.13. The number of hydrogen-bond acceptors (Lipinski definition) is 3. The second-order valence-corrected chi connectivity index (χ2v) is 9.33. The zero-order valence-electron chi connectivity index (χ0n) is 16.8. The Morgan fingerprint density at radius 1 is 1.00 bits per heavy atom. The lowest BCUT2D eigenvalue weighted by Gasteiger charge is -2.34. The first-order valence-electron chi connectivity index (χ1n) is 9.79. The highest BCUT2D eigenvalue weighted by molar-refractivity contribution is 7.89. The van der Waals surface area contributed by atoms with E-state index in [0.29, 0.717) is 42.6 Å². The summed E-state index contributed by atoms with van der Waals surface area (Å²) in [5.74, 6) is 0.376. The first-order chi connectivity index (χ1) is 13.3. The molecule has 3 rings (SSSR count). The molecule has 0 saturated carbocycles. The van der Waals surface area contributed by atoms with Crippen LogP contribution in [-0.4, -0.2) is 49.7 Å². The molecule has 2 aromatic rings. The Labute approximate surface area is 168 Å². The van der Waals surface area contributed by atoms with Gasteiger partial charge in [0.2, 0.25) is 10.0 Å². The van der Waals surface area contributed by atoms with E-state index < -0.39 is 10.0 Å². The third-order valence-corrected chi connectivity index (χ3v) is 7.51. The molecule has 2 aromatic carbocycles. The van der Waals surface area contributed by atoms with Gasteiger partial charge in [-0.1, -0.05) is 44.2 Å². The second kappa shape index (κ2) is 8.45. The fourth-order valence-corrected chi connectivity index (χ4v) is 4.89. The molecule has 1 atom stereocenters. The Morgan fingerprint density at radius 2 is 1.61 bits per heavy atom. The smallest absolute Gasteiger partial charge is 0.254 e. The SMILES string of the molecule is CCC(C)c1ccc(S(=O)(=O)N2CCN(C(=O)c3ccccc3C)CC2)cc1. The van der Waals surface area contributed by atoms with Gasteiger partial charge in [0, 0.05) is 31.7 Å². The Kier molecular flexibility index (Phi) is 6.20. The topological polar surface area (TPSA) is 57.7 Å². The summed E-state index contributed by atoms with van der Waals surface area (Å²) in [6.45, 7) is 7.59. The minimum absolute atomic E-state index is 0.0342. The zero-order chi connectivity index (χ0) is 20.3. The third-order valence-electron chi connectivity index (χ3n) is 5.60. The molecule has 1 aliphatic heterocycles. The number of nitrogens with zero attached hydrogens (tertiary/aromatic N) is 2. The Hall–Kier alpha value is -2.18. The summed E-state index contributed by atoms with van der Waals surface area (Å²) in [5.41, 5.74) is 2.76. The molecule has 1 amide bonds. The predicted molar refractivity (Wildman–Crippen MR) is 111 cm³/mol. The van der Waals surface area contributed by atoms with Crippen LogP contribution in [0.15, 0.2) is 53.4 Å². The van der Waals surface area contributed by atoms with Gasteiger partial charge in [0.15, 0.2) is 0 Å². The molecule has 1 heterocycles. The second-order valence-electron chi connectivity index (χ2n) is 7.39. The summed E-state index contributed by atoms with van der Waals surface area (Å²) < 4.78 is 27.4. The molecule has 0 radical (unpaired) electrons. The maximum atomic E-state index is 13.0. The number of hydrogen-bond donors (Lipinski definition) is 0. The molecule has 150 valence electrons. The van der Waals surface area contributed by atoms with Crippen molar-refractivity contribution in [2.75, 3.05) is 26.2 Å². The molecule has 1 saturated heterocycles. The van der Waals surface area contributed by atoms with Crippen molar-refractivity contribution < 1.29 is 13.2 Å². The lowest BCUT2D eigenvalue weighted by molar-refractivity contribution is 0.0697. The number of carbonyl (C=O) groups is 1. The van der Waals surface area contributed by atoms with Crippen LogP contribution in [0.3, 0.4) is 0 Å². The molecule has 0 bridgehead atoms. The monoisotopic (exact) mass is 400 g/mol. The van der Waals surface area contributed by atoms with Gasteiger partial charge in [-0.05, 0) is 48.6 Å². The van der Waals surface area contributed by atoms with Gasteiger partial charge in [-0.2, -0.15) is 4.31 Å². The standard InChI is InChI=1S/C22H28N2O3S/c1-4-17(2)19-9-11-20(12-10-19)28(26,27)24-15-13-23(14-16-24)22(25)21-8-6-5-7-18(21)3/h5-12,17H,4,13-16H2,1-3H3. The van der Waals surface area contributed by atoms with Gasteiger partial charge in [-0.3, -0.25) is 4.79 Å². The van der Waals surface area contributed by atoms with Gasteiger partial charge in [0.25, 0.3) is 5.91 Å². The van der Waals surface area contributed by atoms with Crippen LogP contribution in [0.5, 0.6) is 0 Å². The van der Waals surface area contributed by atoms with Crippen LogP contribution < -0.4 is 0 Å². The number of amides is 1. The largest absolute Gasteiger partial charge is 0.336 e. The van der Waals surface area contributed by atoms with Gasteiger partial charge >= 0.3 is 0 Å². The number of rotatable bonds is 5. The molecular weight excluding hydrogens is 372 g/mol. The number of piperazine rings is 1. The number of benzene rings is 2. The van der Waals surface area contributed by atoms with Crippen LogP contribution in [0.25, 0.3) is 0 Å². The summed E-state index contributed by atoms with van der Waals surface area (Å²) in [6, 6.07) is 14.7. The molecule has 0 spiro atoms. The van der Waals surface area contributed by atoms with E-state index in [1.807, 2.05) is 43.3 Å². The summed E-state index contributed by atoms with van der Waals surface area (Å²) in [4.78, 5) is 14.8. The van der Waals surface area contributed by atoms with Crippen molar-refractivity contribution in [2.45, 2.75) is 38.0 Å². The molecule has 1 unspecified atom stereocenters. The lowest BCUT2D eigenvalue weighted by atomic mass is 9.99. The molecule has 5 nitrogen and oxygen atoms in total. The van der Waals surface area contributed by atoms with Gasteiger partial charge in [-0.25, -0.2) is 8.42 Å². The van der Waals surface area contributed by atoms with Gasteiger partial charge < -0.3 is 4.90 Å². The minimum atomic E-state index is -3.54. The average Bonchev–Trinajstić information content (AvgIpc) is 2.73. The summed E-state index contributed by atoms with van der Waals surface area (Å²) in [6.07, 6.45) is 1.02. The van der Waals surface area contributed by atoms with Crippen molar-refractivity contribution in [1.29, 1.82) is 0 Å². The highest BCUT2D eigenvalue weighted by Gasteiger charge is 2.30. The molecule has 28 heavy (non-hydrogen) atoms. The fraction of sp³-hybridized carbons (Fsp3) is 0.409. The van der Waals surface area contributed by atoms with E-state index in [1.54, 1.807) is 17.0 Å². The van der Waals surface area contributed by atoms with Crippen molar-refractivity contribution >= 4 is 15.9 Å². The van der Waals surface area contributed by atoms with E-state index in [9.17, 15) is 13.2 Å². The van der Waals surface area contributed by atoms with Crippen LogP contribution in [0.4, 0.5) is 0 Å². The molecule has 0 aliphatic carbocycles. The molecule has 1 fully saturated rings. The van der Waals surface area contributed by atoms with E-state index >= 15 is 0 Å². The number of carbonyl (C=O) groups excluding carboxylic acids is 1. The quantitative estimate of drug-likeness (QED) is 0.770. The number of aryl methyl sites for hydroxylation is 1. The highest BCUT2D eigenvalue weighted by Crippen LogP contribution is 2.23. The van der Waals surface area contributed by atoms with Crippen LogP contribution in [0.1, 0.15) is 47.7 Å². The maximum absolute atomic E-state index is 13.0. The molecule has 1 aliphatic rings. The summed E-state index contributed by atoms with van der Waals surface area (Å²) in [5, 5.41) is 0. The van der Waals surface area contributed by atoms with Crippen LogP contribution in [-0.2, 0) is 10.0 Å². The van der Waals surface area contributed by atoms with Crippen molar-refractivity contribution in [1.82, 2.24) is 9.21 Å². The Balaban J connectivity index is 1.68. The Morgan fingerprint density at radius 3 is 2.18 bits per heavy atom. The first kappa shape index (κ1) is 20.6. The number of sulfonamides is 1. The van der Waals surface area contributed by atoms with Gasteiger partial charge in [-0.15, -0.1) is 0 Å². The molecular formula is C22H28N2O3S. The Bertz CT molecular complexity index is 931. The van der Waals surface area contributed by atoms with E-state index in [4.69, 9.17) is 0 Å². The van der Waals surface area contributed by atoms with Crippen LogP contribution >= 0.6 is 0 Å². The lowest BCUT2D eigenvalue weighted by Crippen LogP contribution is -2.50. The van der Waals surface area contributed by atoms with E-state index in [0.717, 1.165) is 17.5 Å². The van der Waals surface area contributed by atoms with Crippen molar-refractivity contribution in [3.8, 4) is 0 Å². The predicted octanol–water partition coefficient (Wildman–Crippen LogP) is 3.66.